The van der Waals surface area contributed by atoms with Crippen LogP contribution in [0.4, 0.5) is 5.69 Å². The van der Waals surface area contributed by atoms with E-state index in [-0.39, 0.29) is 34.8 Å². The van der Waals surface area contributed by atoms with Crippen molar-refractivity contribution in [2.45, 2.75) is 18.0 Å². The largest absolute Gasteiger partial charge is 0.275 e. The Labute approximate surface area is 167 Å². The van der Waals surface area contributed by atoms with E-state index in [9.17, 15) is 18.5 Å². The molecule has 9 nitrogen and oxygen atoms in total. The number of hydrogen-bond donors (Lipinski definition) is 0. The van der Waals surface area contributed by atoms with Crippen molar-refractivity contribution in [2.75, 3.05) is 0 Å². The first kappa shape index (κ1) is 20.1. The van der Waals surface area contributed by atoms with E-state index in [0.717, 1.165) is 10.4 Å². The SMILES string of the molecule is N#Cc1ccc(CN(Cc2cncnc2)S(=O)(=O)c2ccccc2)c([N+](=O)[O-])c1. The van der Waals surface area contributed by atoms with Crippen LogP contribution in [0.5, 0.6) is 0 Å². The summed E-state index contributed by atoms with van der Waals surface area (Å²) in [6.07, 6.45) is 4.28. The van der Waals surface area contributed by atoms with Gasteiger partial charge < -0.3 is 0 Å². The van der Waals surface area contributed by atoms with Gasteiger partial charge in [0.25, 0.3) is 5.69 Å². The zero-order valence-electron chi connectivity index (χ0n) is 15.0. The first-order chi connectivity index (χ1) is 13.9. The van der Waals surface area contributed by atoms with Crippen molar-refractivity contribution in [3.05, 3.63) is 94.1 Å². The zero-order chi connectivity index (χ0) is 20.9. The van der Waals surface area contributed by atoms with Crippen molar-refractivity contribution in [2.24, 2.45) is 0 Å². The van der Waals surface area contributed by atoms with Crippen molar-refractivity contribution < 1.29 is 13.3 Å². The molecule has 1 heterocycles. The number of rotatable bonds is 7. The maximum absolute atomic E-state index is 13.2. The van der Waals surface area contributed by atoms with Gasteiger partial charge in [-0.1, -0.05) is 18.2 Å². The van der Waals surface area contributed by atoms with Crippen molar-refractivity contribution in [1.82, 2.24) is 14.3 Å². The van der Waals surface area contributed by atoms with Crippen LogP contribution in [0.25, 0.3) is 0 Å². The van der Waals surface area contributed by atoms with Gasteiger partial charge in [-0.15, -0.1) is 0 Å². The Bertz CT molecular complexity index is 1160. The molecule has 10 heteroatoms. The lowest BCUT2D eigenvalue weighted by Gasteiger charge is -2.22. The number of nitriles is 1. The molecule has 0 bridgehead atoms. The van der Waals surface area contributed by atoms with Crippen LogP contribution in [0, 0.1) is 21.4 Å². The molecule has 29 heavy (non-hydrogen) atoms. The Morgan fingerprint density at radius 2 is 1.76 bits per heavy atom. The van der Waals surface area contributed by atoms with Gasteiger partial charge in [-0.3, -0.25) is 10.1 Å². The number of nitro groups is 1. The van der Waals surface area contributed by atoms with Crippen LogP contribution in [0.1, 0.15) is 16.7 Å². The summed E-state index contributed by atoms with van der Waals surface area (Å²) in [4.78, 5) is 18.7. The van der Waals surface area contributed by atoms with E-state index in [1.807, 2.05) is 6.07 Å². The van der Waals surface area contributed by atoms with Crippen molar-refractivity contribution >= 4 is 15.7 Å². The first-order valence-corrected chi connectivity index (χ1v) is 9.82. The molecular weight excluding hydrogens is 394 g/mol. The maximum Gasteiger partial charge on any atom is 0.275 e. The van der Waals surface area contributed by atoms with Gasteiger partial charge >= 0.3 is 0 Å². The third kappa shape index (κ3) is 4.60. The average molecular weight is 409 g/mol. The predicted octanol–water partition coefficient (Wildman–Crippen LogP) is 2.65. The molecule has 0 saturated heterocycles. The highest BCUT2D eigenvalue weighted by Gasteiger charge is 2.28. The summed E-state index contributed by atoms with van der Waals surface area (Å²) >= 11 is 0. The highest BCUT2D eigenvalue weighted by Crippen LogP contribution is 2.26. The second kappa shape index (κ2) is 8.55. The van der Waals surface area contributed by atoms with E-state index in [2.05, 4.69) is 9.97 Å². The summed E-state index contributed by atoms with van der Waals surface area (Å²) in [7, 11) is -3.97. The minimum Gasteiger partial charge on any atom is -0.258 e. The molecule has 3 rings (SSSR count). The number of nitro benzene ring substituents is 1. The molecular formula is C19H15N5O4S. The van der Waals surface area contributed by atoms with E-state index in [0.29, 0.717) is 5.56 Å². The first-order valence-electron chi connectivity index (χ1n) is 8.38. The molecule has 0 N–H and O–H groups in total. The summed E-state index contributed by atoms with van der Waals surface area (Å²) < 4.78 is 27.5. The van der Waals surface area contributed by atoms with Gasteiger partial charge in [0, 0.05) is 42.7 Å². The van der Waals surface area contributed by atoms with Gasteiger partial charge in [0.1, 0.15) is 6.33 Å². The van der Waals surface area contributed by atoms with Crippen molar-refractivity contribution in [1.29, 1.82) is 5.26 Å². The van der Waals surface area contributed by atoms with Gasteiger partial charge in [-0.25, -0.2) is 18.4 Å². The molecule has 146 valence electrons. The minimum absolute atomic E-state index is 0.0631. The van der Waals surface area contributed by atoms with E-state index >= 15 is 0 Å². The van der Waals surface area contributed by atoms with Gasteiger partial charge in [-0.05, 0) is 24.3 Å². The molecule has 0 unspecified atom stereocenters. The van der Waals surface area contributed by atoms with E-state index in [4.69, 9.17) is 5.26 Å². The normalized spacial score (nSPS) is 11.2. The van der Waals surface area contributed by atoms with Crippen LogP contribution in [0.15, 0.2) is 72.1 Å². The van der Waals surface area contributed by atoms with E-state index < -0.39 is 14.9 Å². The summed E-state index contributed by atoms with van der Waals surface area (Å²) in [5.74, 6) is 0. The minimum atomic E-state index is -3.97. The van der Waals surface area contributed by atoms with E-state index in [1.165, 1.54) is 43.0 Å². The Morgan fingerprint density at radius 3 is 2.38 bits per heavy atom. The lowest BCUT2D eigenvalue weighted by molar-refractivity contribution is -0.385. The van der Waals surface area contributed by atoms with Crippen LogP contribution in [0.2, 0.25) is 0 Å². The predicted molar refractivity (Wildman–Crippen MR) is 103 cm³/mol. The highest BCUT2D eigenvalue weighted by atomic mass is 32.2. The number of aromatic nitrogens is 2. The molecule has 0 saturated carbocycles. The third-order valence-electron chi connectivity index (χ3n) is 4.11. The quantitative estimate of drug-likeness (QED) is 0.433. The Balaban J connectivity index is 2.05. The monoisotopic (exact) mass is 409 g/mol. The molecule has 3 aromatic rings. The van der Waals surface area contributed by atoms with Crippen LogP contribution in [-0.4, -0.2) is 27.6 Å². The zero-order valence-corrected chi connectivity index (χ0v) is 15.9. The van der Waals surface area contributed by atoms with Crippen molar-refractivity contribution in [3.63, 3.8) is 0 Å². The summed E-state index contributed by atoms with van der Waals surface area (Å²) in [6, 6.07) is 13.6. The van der Waals surface area contributed by atoms with Gasteiger partial charge in [0.15, 0.2) is 0 Å². The van der Waals surface area contributed by atoms with E-state index in [1.54, 1.807) is 18.2 Å². The molecule has 0 fully saturated rings. The maximum atomic E-state index is 13.2. The summed E-state index contributed by atoms with van der Waals surface area (Å²) in [5.41, 5.74) is 0.504. The fraction of sp³-hybridized carbons (Fsp3) is 0.105. The van der Waals surface area contributed by atoms with Crippen LogP contribution in [-0.2, 0) is 23.1 Å². The summed E-state index contributed by atoms with van der Waals surface area (Å²) in [5, 5.41) is 20.5. The fourth-order valence-electron chi connectivity index (χ4n) is 2.71. The molecule has 0 aliphatic carbocycles. The lowest BCUT2D eigenvalue weighted by atomic mass is 10.1. The summed E-state index contributed by atoms with van der Waals surface area (Å²) in [6.45, 7) is -0.330. The molecule has 0 spiro atoms. The molecule has 0 atom stereocenters. The smallest absolute Gasteiger partial charge is 0.258 e. The lowest BCUT2D eigenvalue weighted by Crippen LogP contribution is -2.30. The molecule has 0 amide bonds. The molecule has 1 aromatic heterocycles. The van der Waals surface area contributed by atoms with Crippen LogP contribution in [0.3, 0.4) is 0 Å². The number of hydrogen-bond acceptors (Lipinski definition) is 7. The molecule has 0 radical (unpaired) electrons. The fourth-order valence-corrected chi connectivity index (χ4v) is 4.14. The highest BCUT2D eigenvalue weighted by molar-refractivity contribution is 7.89. The molecule has 0 aliphatic heterocycles. The number of benzene rings is 2. The molecule has 0 aliphatic rings. The Morgan fingerprint density at radius 1 is 1.07 bits per heavy atom. The van der Waals surface area contributed by atoms with Gasteiger partial charge in [0.05, 0.1) is 21.5 Å². The standard InChI is InChI=1S/C19H15N5O4S/c20-9-15-6-7-17(19(8-15)24(25)26)13-23(12-16-10-21-14-22-11-16)29(27,28)18-4-2-1-3-5-18/h1-8,10-11,14H,12-13H2. The Kier molecular flexibility index (Phi) is 5.92. The second-order valence-corrected chi connectivity index (χ2v) is 7.98. The number of nitrogens with zero attached hydrogens (tertiary/aromatic N) is 5. The van der Waals surface area contributed by atoms with Gasteiger partial charge in [-0.2, -0.15) is 9.57 Å². The molecule has 2 aromatic carbocycles. The topological polar surface area (TPSA) is 130 Å². The average Bonchev–Trinajstić information content (AvgIpc) is 2.74. The van der Waals surface area contributed by atoms with Gasteiger partial charge in [0.2, 0.25) is 10.0 Å². The van der Waals surface area contributed by atoms with Crippen LogP contribution < -0.4 is 0 Å². The second-order valence-electron chi connectivity index (χ2n) is 6.05. The van der Waals surface area contributed by atoms with Crippen molar-refractivity contribution in [3.8, 4) is 6.07 Å². The Hall–Kier alpha value is -3.68. The van der Waals surface area contributed by atoms with Crippen LogP contribution >= 0.6 is 0 Å². The number of sulfonamides is 1. The third-order valence-corrected chi connectivity index (χ3v) is 5.92.